The lowest BCUT2D eigenvalue weighted by Gasteiger charge is -2.09. The van der Waals surface area contributed by atoms with Crippen molar-refractivity contribution in [2.24, 2.45) is 0 Å². The summed E-state index contributed by atoms with van der Waals surface area (Å²) in [5, 5.41) is 15.1. The summed E-state index contributed by atoms with van der Waals surface area (Å²) in [7, 11) is 0. The molecule has 0 aliphatic rings. The lowest BCUT2D eigenvalue weighted by atomic mass is 10.1. The zero-order valence-electron chi connectivity index (χ0n) is 14.4. The third kappa shape index (κ3) is 4.05. The summed E-state index contributed by atoms with van der Waals surface area (Å²) in [5.41, 5.74) is 4.23. The van der Waals surface area contributed by atoms with Crippen molar-refractivity contribution in [3.8, 4) is 6.07 Å². The first-order chi connectivity index (χ1) is 12.7. The first kappa shape index (κ1) is 17.2. The van der Waals surface area contributed by atoms with E-state index in [0.717, 1.165) is 12.1 Å². The van der Waals surface area contributed by atoms with Gasteiger partial charge >= 0.3 is 0 Å². The standard InChI is InChI=1S/C21H18N4O/c1-2-15-7-9-17(10-8-15)25-21(26)20-12-11-18(14-23-20)24-19-6-4-3-5-16(19)13-22/h3-12,14,24H,2H2,1H3,(H,25,26). The van der Waals surface area contributed by atoms with Crippen LogP contribution in [0.5, 0.6) is 0 Å². The van der Waals surface area contributed by atoms with Crippen LogP contribution in [0.25, 0.3) is 0 Å². The molecule has 3 aromatic rings. The molecule has 1 aromatic heterocycles. The van der Waals surface area contributed by atoms with Gasteiger partial charge in [0, 0.05) is 5.69 Å². The topological polar surface area (TPSA) is 77.8 Å². The van der Waals surface area contributed by atoms with E-state index in [1.54, 1.807) is 24.4 Å². The number of aromatic nitrogens is 1. The molecule has 0 fully saturated rings. The van der Waals surface area contributed by atoms with Crippen LogP contribution in [-0.2, 0) is 6.42 Å². The molecule has 0 aliphatic heterocycles. The highest BCUT2D eigenvalue weighted by Crippen LogP contribution is 2.20. The zero-order valence-corrected chi connectivity index (χ0v) is 14.4. The second-order valence-electron chi connectivity index (χ2n) is 5.72. The SMILES string of the molecule is CCc1ccc(NC(=O)c2ccc(Nc3ccccc3C#N)cn2)cc1. The minimum Gasteiger partial charge on any atom is -0.353 e. The summed E-state index contributed by atoms with van der Waals surface area (Å²) in [6, 6.07) is 20.5. The maximum Gasteiger partial charge on any atom is 0.274 e. The Balaban J connectivity index is 1.68. The molecule has 2 aromatic carbocycles. The van der Waals surface area contributed by atoms with E-state index in [-0.39, 0.29) is 5.91 Å². The van der Waals surface area contributed by atoms with Crippen LogP contribution in [0.2, 0.25) is 0 Å². The molecule has 0 atom stereocenters. The third-order valence-corrected chi connectivity index (χ3v) is 3.94. The van der Waals surface area contributed by atoms with Crippen molar-refractivity contribution in [3.05, 3.63) is 83.7 Å². The molecule has 2 N–H and O–H groups in total. The van der Waals surface area contributed by atoms with E-state index in [1.807, 2.05) is 42.5 Å². The van der Waals surface area contributed by atoms with Gasteiger partial charge in [-0.1, -0.05) is 31.2 Å². The first-order valence-corrected chi connectivity index (χ1v) is 8.32. The number of hydrogen-bond donors (Lipinski definition) is 2. The zero-order chi connectivity index (χ0) is 18.4. The van der Waals surface area contributed by atoms with Crippen molar-refractivity contribution in [1.82, 2.24) is 4.98 Å². The summed E-state index contributed by atoms with van der Waals surface area (Å²) in [5.74, 6) is -0.266. The van der Waals surface area contributed by atoms with Crippen molar-refractivity contribution in [2.75, 3.05) is 10.6 Å². The average Bonchev–Trinajstić information content (AvgIpc) is 2.69. The number of carbonyl (C=O) groups is 1. The third-order valence-electron chi connectivity index (χ3n) is 3.94. The molecule has 0 aliphatic carbocycles. The quantitative estimate of drug-likeness (QED) is 0.715. The van der Waals surface area contributed by atoms with E-state index in [2.05, 4.69) is 28.6 Å². The van der Waals surface area contributed by atoms with Crippen molar-refractivity contribution in [1.29, 1.82) is 5.26 Å². The van der Waals surface area contributed by atoms with E-state index in [0.29, 0.717) is 22.6 Å². The fraction of sp³-hybridized carbons (Fsp3) is 0.0952. The van der Waals surface area contributed by atoms with Crippen molar-refractivity contribution >= 4 is 23.0 Å². The van der Waals surface area contributed by atoms with Gasteiger partial charge in [0.2, 0.25) is 0 Å². The van der Waals surface area contributed by atoms with Crippen molar-refractivity contribution in [2.45, 2.75) is 13.3 Å². The van der Waals surface area contributed by atoms with Crippen molar-refractivity contribution in [3.63, 3.8) is 0 Å². The lowest BCUT2D eigenvalue weighted by molar-refractivity contribution is 0.102. The number of aryl methyl sites for hydroxylation is 1. The molecule has 0 radical (unpaired) electrons. The Morgan fingerprint density at radius 3 is 2.42 bits per heavy atom. The van der Waals surface area contributed by atoms with Crippen LogP contribution in [-0.4, -0.2) is 10.9 Å². The normalized spacial score (nSPS) is 10.0. The molecular weight excluding hydrogens is 324 g/mol. The average molecular weight is 342 g/mol. The van der Waals surface area contributed by atoms with Crippen LogP contribution >= 0.6 is 0 Å². The van der Waals surface area contributed by atoms with Gasteiger partial charge in [0.05, 0.1) is 23.1 Å². The van der Waals surface area contributed by atoms with Crippen LogP contribution in [0.4, 0.5) is 17.1 Å². The monoisotopic (exact) mass is 342 g/mol. The molecule has 0 bridgehead atoms. The highest BCUT2D eigenvalue weighted by molar-refractivity contribution is 6.03. The number of para-hydroxylation sites is 1. The fourth-order valence-corrected chi connectivity index (χ4v) is 2.47. The van der Waals surface area contributed by atoms with Gasteiger partial charge in [-0.3, -0.25) is 4.79 Å². The molecule has 1 heterocycles. The van der Waals surface area contributed by atoms with E-state index in [4.69, 9.17) is 5.26 Å². The number of benzene rings is 2. The van der Waals surface area contributed by atoms with E-state index >= 15 is 0 Å². The smallest absolute Gasteiger partial charge is 0.274 e. The molecule has 128 valence electrons. The Kier molecular flexibility index (Phi) is 5.25. The molecule has 0 saturated heterocycles. The molecule has 1 amide bonds. The van der Waals surface area contributed by atoms with Crippen LogP contribution in [0.3, 0.4) is 0 Å². The van der Waals surface area contributed by atoms with Gasteiger partial charge in [0.1, 0.15) is 11.8 Å². The number of hydrogen-bond acceptors (Lipinski definition) is 4. The number of nitrogens with one attached hydrogen (secondary N) is 2. The molecule has 0 saturated carbocycles. The second-order valence-corrected chi connectivity index (χ2v) is 5.72. The number of carbonyl (C=O) groups excluding carboxylic acids is 1. The largest absolute Gasteiger partial charge is 0.353 e. The van der Waals surface area contributed by atoms with Crippen LogP contribution in [0.1, 0.15) is 28.5 Å². The minimum atomic E-state index is -0.266. The summed E-state index contributed by atoms with van der Waals surface area (Å²) in [6.07, 6.45) is 2.53. The number of nitrogens with zero attached hydrogens (tertiary/aromatic N) is 2. The first-order valence-electron chi connectivity index (χ1n) is 8.32. The summed E-state index contributed by atoms with van der Waals surface area (Å²) < 4.78 is 0. The number of amides is 1. The Morgan fingerprint density at radius 1 is 1.04 bits per heavy atom. The number of pyridine rings is 1. The Labute approximate surface area is 152 Å². The number of rotatable bonds is 5. The predicted molar refractivity (Wildman–Crippen MR) is 102 cm³/mol. The highest BCUT2D eigenvalue weighted by atomic mass is 16.1. The minimum absolute atomic E-state index is 0.266. The van der Waals surface area contributed by atoms with Gasteiger partial charge in [0.15, 0.2) is 0 Å². The van der Waals surface area contributed by atoms with Crippen LogP contribution < -0.4 is 10.6 Å². The van der Waals surface area contributed by atoms with Gasteiger partial charge in [-0.25, -0.2) is 4.98 Å². The predicted octanol–water partition coefficient (Wildman–Crippen LogP) is 4.51. The molecule has 0 spiro atoms. The molecular formula is C21H18N4O. The summed E-state index contributed by atoms with van der Waals surface area (Å²) in [6.45, 7) is 2.09. The van der Waals surface area contributed by atoms with Gasteiger partial charge in [-0.05, 0) is 48.4 Å². The van der Waals surface area contributed by atoms with E-state index in [9.17, 15) is 4.79 Å². The maximum atomic E-state index is 12.3. The van der Waals surface area contributed by atoms with Gasteiger partial charge in [-0.2, -0.15) is 5.26 Å². The van der Waals surface area contributed by atoms with Gasteiger partial charge < -0.3 is 10.6 Å². The Morgan fingerprint density at radius 2 is 1.77 bits per heavy atom. The molecule has 5 heteroatoms. The number of nitriles is 1. The van der Waals surface area contributed by atoms with E-state index < -0.39 is 0 Å². The number of anilines is 3. The van der Waals surface area contributed by atoms with Crippen LogP contribution in [0, 0.1) is 11.3 Å². The van der Waals surface area contributed by atoms with Gasteiger partial charge in [-0.15, -0.1) is 0 Å². The van der Waals surface area contributed by atoms with Gasteiger partial charge in [0.25, 0.3) is 5.91 Å². The molecule has 26 heavy (non-hydrogen) atoms. The highest BCUT2D eigenvalue weighted by Gasteiger charge is 2.08. The molecule has 3 rings (SSSR count). The fourth-order valence-electron chi connectivity index (χ4n) is 2.47. The Bertz CT molecular complexity index is 941. The van der Waals surface area contributed by atoms with Crippen LogP contribution in [0.15, 0.2) is 66.9 Å². The maximum absolute atomic E-state index is 12.3. The van der Waals surface area contributed by atoms with Crippen molar-refractivity contribution < 1.29 is 4.79 Å². The summed E-state index contributed by atoms with van der Waals surface area (Å²) in [4.78, 5) is 16.5. The van der Waals surface area contributed by atoms with E-state index in [1.165, 1.54) is 5.56 Å². The lowest BCUT2D eigenvalue weighted by Crippen LogP contribution is -2.13. The molecule has 0 unspecified atom stereocenters. The second kappa shape index (κ2) is 7.95. The molecule has 5 nitrogen and oxygen atoms in total. The summed E-state index contributed by atoms with van der Waals surface area (Å²) >= 11 is 0. The Hall–Kier alpha value is -3.65.